The Bertz CT molecular complexity index is 798. The number of fused-ring (bicyclic) bond motifs is 1. The zero-order chi connectivity index (χ0) is 14.8. The van der Waals surface area contributed by atoms with Crippen molar-refractivity contribution in [1.82, 2.24) is 0 Å². The first kappa shape index (κ1) is 14.4. The lowest BCUT2D eigenvalue weighted by atomic mass is 10.1. The average Bonchev–Trinajstić information content (AvgIpc) is 2.50. The van der Waals surface area contributed by atoms with E-state index in [2.05, 4.69) is 40.2 Å². The van der Waals surface area contributed by atoms with Gasteiger partial charge in [0.05, 0.1) is 0 Å². The number of hydrogen-bond donors (Lipinski definition) is 0. The van der Waals surface area contributed by atoms with Gasteiger partial charge in [0.25, 0.3) is 0 Å². The van der Waals surface area contributed by atoms with E-state index in [4.69, 9.17) is 16.3 Å². The molecule has 0 saturated heterocycles. The number of ether oxygens (including phenoxy) is 1. The van der Waals surface area contributed by atoms with Crippen LogP contribution in [0.3, 0.4) is 0 Å². The molecular weight excluding hydrogens is 348 g/mol. The largest absolute Gasteiger partial charge is 0.489 e. The van der Waals surface area contributed by atoms with Crippen LogP contribution in [0.1, 0.15) is 11.1 Å². The maximum absolute atomic E-state index is 6.02. The second-order valence-electron chi connectivity index (χ2n) is 4.96. The van der Waals surface area contributed by atoms with Gasteiger partial charge < -0.3 is 4.74 Å². The molecule has 3 rings (SSSR count). The summed E-state index contributed by atoms with van der Waals surface area (Å²) in [5.74, 6) is 0.822. The number of hydrogen-bond acceptors (Lipinski definition) is 1. The zero-order valence-corrected chi connectivity index (χ0v) is 13.9. The average molecular weight is 362 g/mol. The Hall–Kier alpha value is -1.51. The molecule has 3 aromatic rings. The summed E-state index contributed by atoms with van der Waals surface area (Å²) >= 11 is 9.70. The third-order valence-electron chi connectivity index (χ3n) is 3.48. The van der Waals surface area contributed by atoms with Gasteiger partial charge in [0.2, 0.25) is 0 Å². The van der Waals surface area contributed by atoms with Crippen molar-refractivity contribution in [1.29, 1.82) is 0 Å². The van der Waals surface area contributed by atoms with E-state index in [1.54, 1.807) is 0 Å². The Balaban J connectivity index is 1.88. The van der Waals surface area contributed by atoms with E-state index in [-0.39, 0.29) is 0 Å². The topological polar surface area (TPSA) is 9.23 Å². The molecule has 0 aromatic heterocycles. The summed E-state index contributed by atoms with van der Waals surface area (Å²) in [6.07, 6.45) is 0. The van der Waals surface area contributed by atoms with Crippen LogP contribution >= 0.6 is 27.5 Å². The molecule has 0 spiro atoms. The molecule has 0 saturated carbocycles. The number of aryl methyl sites for hydroxylation is 1. The molecule has 0 aliphatic heterocycles. The first-order chi connectivity index (χ1) is 10.1. The predicted octanol–water partition coefficient (Wildman–Crippen LogP) is 6.14. The number of rotatable bonds is 3. The van der Waals surface area contributed by atoms with Gasteiger partial charge in [-0.05, 0) is 51.3 Å². The van der Waals surface area contributed by atoms with Gasteiger partial charge in [-0.25, -0.2) is 0 Å². The van der Waals surface area contributed by atoms with E-state index in [1.807, 2.05) is 37.3 Å². The maximum atomic E-state index is 6.02. The summed E-state index contributed by atoms with van der Waals surface area (Å²) in [7, 11) is 0. The van der Waals surface area contributed by atoms with Crippen LogP contribution in [0.5, 0.6) is 5.75 Å². The summed E-state index contributed by atoms with van der Waals surface area (Å²) in [6, 6.07) is 18.2. The van der Waals surface area contributed by atoms with Crippen LogP contribution in [0.25, 0.3) is 10.8 Å². The molecule has 0 amide bonds. The van der Waals surface area contributed by atoms with Crippen LogP contribution in [0, 0.1) is 6.92 Å². The Morgan fingerprint density at radius 3 is 2.71 bits per heavy atom. The van der Waals surface area contributed by atoms with Gasteiger partial charge in [0.1, 0.15) is 12.4 Å². The molecule has 0 radical (unpaired) electrons. The smallest absolute Gasteiger partial charge is 0.124 e. The fourth-order valence-electron chi connectivity index (χ4n) is 2.28. The quantitative estimate of drug-likeness (QED) is 0.544. The molecular formula is C18H14BrClO. The SMILES string of the molecule is Cc1ccc(Cl)cc1OCc1ccc2ccccc2c1Br. The van der Waals surface area contributed by atoms with Gasteiger partial charge in [0, 0.05) is 15.1 Å². The molecule has 3 heteroatoms. The third-order valence-corrected chi connectivity index (χ3v) is 4.65. The molecule has 0 bridgehead atoms. The summed E-state index contributed by atoms with van der Waals surface area (Å²) < 4.78 is 7.00. The normalized spacial score (nSPS) is 10.8. The second kappa shape index (κ2) is 6.08. The molecule has 3 aromatic carbocycles. The van der Waals surface area contributed by atoms with Gasteiger partial charge in [0.15, 0.2) is 0 Å². The van der Waals surface area contributed by atoms with Gasteiger partial charge in [-0.3, -0.25) is 0 Å². The van der Waals surface area contributed by atoms with Crippen LogP contribution in [0.2, 0.25) is 5.02 Å². The minimum atomic E-state index is 0.507. The summed E-state index contributed by atoms with van der Waals surface area (Å²) in [5, 5.41) is 3.10. The molecule has 0 N–H and O–H groups in total. The summed E-state index contributed by atoms with van der Waals surface area (Å²) in [5.41, 5.74) is 2.20. The first-order valence-electron chi connectivity index (χ1n) is 6.70. The lowest BCUT2D eigenvalue weighted by molar-refractivity contribution is 0.303. The molecule has 21 heavy (non-hydrogen) atoms. The Morgan fingerprint density at radius 1 is 1.05 bits per heavy atom. The second-order valence-corrected chi connectivity index (χ2v) is 6.19. The molecule has 106 valence electrons. The van der Waals surface area contributed by atoms with E-state index in [0.717, 1.165) is 21.3 Å². The third kappa shape index (κ3) is 3.07. The molecule has 1 nitrogen and oxygen atoms in total. The van der Waals surface area contributed by atoms with Gasteiger partial charge >= 0.3 is 0 Å². The highest BCUT2D eigenvalue weighted by molar-refractivity contribution is 9.10. The van der Waals surface area contributed by atoms with Crippen LogP contribution in [0.15, 0.2) is 59.1 Å². The molecule has 0 aliphatic rings. The standard InChI is InChI=1S/C18H14BrClO/c1-12-6-9-15(20)10-17(12)21-11-14-8-7-13-4-2-3-5-16(13)18(14)19/h2-10H,11H2,1H3. The predicted molar refractivity (Wildman–Crippen MR) is 92.2 cm³/mol. The minimum absolute atomic E-state index is 0.507. The first-order valence-corrected chi connectivity index (χ1v) is 7.87. The minimum Gasteiger partial charge on any atom is -0.489 e. The van der Waals surface area contributed by atoms with Crippen molar-refractivity contribution in [2.75, 3.05) is 0 Å². The van der Waals surface area contributed by atoms with E-state index >= 15 is 0 Å². The highest BCUT2D eigenvalue weighted by Gasteiger charge is 2.07. The Labute approximate surface area is 137 Å². The van der Waals surface area contributed by atoms with Crippen LogP contribution in [0.4, 0.5) is 0 Å². The molecule has 0 heterocycles. The van der Waals surface area contributed by atoms with Crippen LogP contribution in [-0.4, -0.2) is 0 Å². The van der Waals surface area contributed by atoms with Gasteiger partial charge in [-0.15, -0.1) is 0 Å². The molecule has 0 unspecified atom stereocenters. The van der Waals surface area contributed by atoms with Crippen molar-refractivity contribution in [3.8, 4) is 5.75 Å². The van der Waals surface area contributed by atoms with Crippen LogP contribution < -0.4 is 4.74 Å². The Morgan fingerprint density at radius 2 is 1.86 bits per heavy atom. The lowest BCUT2D eigenvalue weighted by Gasteiger charge is -2.12. The van der Waals surface area contributed by atoms with Gasteiger partial charge in [-0.1, -0.05) is 54.1 Å². The molecule has 0 fully saturated rings. The van der Waals surface area contributed by atoms with E-state index in [0.29, 0.717) is 11.6 Å². The van der Waals surface area contributed by atoms with Crippen molar-refractivity contribution in [2.24, 2.45) is 0 Å². The fraction of sp³-hybridized carbons (Fsp3) is 0.111. The fourth-order valence-corrected chi connectivity index (χ4v) is 3.04. The zero-order valence-electron chi connectivity index (χ0n) is 11.6. The number of benzene rings is 3. The van der Waals surface area contributed by atoms with Crippen molar-refractivity contribution >= 4 is 38.3 Å². The lowest BCUT2D eigenvalue weighted by Crippen LogP contribution is -1.98. The summed E-state index contributed by atoms with van der Waals surface area (Å²) in [6.45, 7) is 2.52. The summed E-state index contributed by atoms with van der Waals surface area (Å²) in [4.78, 5) is 0. The van der Waals surface area contributed by atoms with E-state index in [9.17, 15) is 0 Å². The van der Waals surface area contributed by atoms with Crippen LogP contribution in [-0.2, 0) is 6.61 Å². The van der Waals surface area contributed by atoms with Gasteiger partial charge in [-0.2, -0.15) is 0 Å². The monoisotopic (exact) mass is 360 g/mol. The number of halogens is 2. The molecule has 0 atom stereocenters. The van der Waals surface area contributed by atoms with Crippen molar-refractivity contribution in [3.05, 3.63) is 75.2 Å². The highest BCUT2D eigenvalue weighted by atomic mass is 79.9. The van der Waals surface area contributed by atoms with E-state index in [1.165, 1.54) is 10.8 Å². The Kier molecular flexibility index (Phi) is 4.18. The van der Waals surface area contributed by atoms with E-state index < -0.39 is 0 Å². The molecule has 0 aliphatic carbocycles. The van der Waals surface area contributed by atoms with Crippen molar-refractivity contribution < 1.29 is 4.74 Å². The maximum Gasteiger partial charge on any atom is 0.124 e. The highest BCUT2D eigenvalue weighted by Crippen LogP contribution is 2.29. The van der Waals surface area contributed by atoms with Crippen molar-refractivity contribution in [2.45, 2.75) is 13.5 Å². The van der Waals surface area contributed by atoms with Crippen molar-refractivity contribution in [3.63, 3.8) is 0 Å².